The first-order chi connectivity index (χ1) is 5.67. The predicted octanol–water partition coefficient (Wildman–Crippen LogP) is 0.653. The Kier molecular flexibility index (Phi) is 4.76. The number of esters is 1. The second-order valence-corrected chi connectivity index (χ2v) is 2.20. The average Bonchev–Trinajstić information content (AvgIpc) is 2.11. The third-order valence-electron chi connectivity index (χ3n) is 1.49. The number of aliphatic imine (C=N–C) groups is 1. The molecule has 4 nitrogen and oxygen atoms in total. The molecule has 0 aromatic carbocycles. The molecule has 4 heteroatoms. The highest BCUT2D eigenvalue weighted by atomic mass is 16.5. The molecule has 0 heterocycles. The van der Waals surface area contributed by atoms with Gasteiger partial charge in [0, 0.05) is 13.6 Å². The normalized spacial score (nSPS) is 10.8. The van der Waals surface area contributed by atoms with Crippen molar-refractivity contribution in [1.82, 2.24) is 4.90 Å². The number of carbonyl (C=O) groups is 1. The summed E-state index contributed by atoms with van der Waals surface area (Å²) in [5.41, 5.74) is 0.412. The Morgan fingerprint density at radius 1 is 1.75 bits per heavy atom. The van der Waals surface area contributed by atoms with Gasteiger partial charge < -0.3 is 9.64 Å². The highest BCUT2D eigenvalue weighted by molar-refractivity contribution is 5.87. The maximum Gasteiger partial charge on any atom is 0.355 e. The summed E-state index contributed by atoms with van der Waals surface area (Å²) in [6, 6.07) is 0. The Bertz CT molecular complexity index is 199. The molecule has 0 atom stereocenters. The van der Waals surface area contributed by atoms with E-state index in [1.54, 1.807) is 11.9 Å². The summed E-state index contributed by atoms with van der Waals surface area (Å²) in [5.74, 6) is -0.397. The molecule has 0 radical (unpaired) electrons. The van der Waals surface area contributed by atoms with Gasteiger partial charge in [-0.1, -0.05) is 0 Å². The van der Waals surface area contributed by atoms with Crippen LogP contribution in [0.5, 0.6) is 0 Å². The van der Waals surface area contributed by atoms with Crippen molar-refractivity contribution in [3.63, 3.8) is 0 Å². The minimum Gasteiger partial charge on any atom is -0.464 e. The van der Waals surface area contributed by atoms with Gasteiger partial charge >= 0.3 is 5.97 Å². The number of methoxy groups -OCH3 is 1. The van der Waals surface area contributed by atoms with Crippen LogP contribution in [-0.4, -0.2) is 38.3 Å². The average molecular weight is 170 g/mol. The number of hydrogen-bond donors (Lipinski definition) is 0. The molecule has 0 N–H and O–H groups in total. The minimum absolute atomic E-state index is 0.397. The maximum atomic E-state index is 11.1. The Hall–Kier alpha value is -1.32. The quantitative estimate of drug-likeness (QED) is 0.353. The van der Waals surface area contributed by atoms with E-state index in [2.05, 4.69) is 16.4 Å². The minimum atomic E-state index is -0.397. The molecule has 0 rings (SSSR count). The second kappa shape index (κ2) is 5.35. The molecule has 0 amide bonds. The van der Waals surface area contributed by atoms with Crippen LogP contribution in [0.3, 0.4) is 0 Å². The number of likely N-dealkylation sites (N-methyl/N-ethyl adjacent to an activating group) is 1. The molecule has 0 fully saturated rings. The van der Waals surface area contributed by atoms with Gasteiger partial charge in [-0.15, -0.1) is 0 Å². The van der Waals surface area contributed by atoms with E-state index in [-0.39, 0.29) is 0 Å². The first-order valence-corrected chi connectivity index (χ1v) is 3.62. The fourth-order valence-corrected chi connectivity index (χ4v) is 0.668. The van der Waals surface area contributed by atoms with Crippen LogP contribution < -0.4 is 0 Å². The lowest BCUT2D eigenvalue weighted by Gasteiger charge is -2.17. The number of nitrogens with zero attached hydrogens (tertiary/aromatic N) is 2. The van der Waals surface area contributed by atoms with Crippen molar-refractivity contribution >= 4 is 12.7 Å². The van der Waals surface area contributed by atoms with Gasteiger partial charge in [-0.2, -0.15) is 0 Å². The molecule has 0 spiro atoms. The maximum absolute atomic E-state index is 11.1. The summed E-state index contributed by atoms with van der Waals surface area (Å²) in [4.78, 5) is 16.3. The second-order valence-electron chi connectivity index (χ2n) is 2.20. The third-order valence-corrected chi connectivity index (χ3v) is 1.49. The van der Waals surface area contributed by atoms with Crippen LogP contribution in [0, 0.1) is 0 Å². The molecule has 0 aliphatic carbocycles. The molecule has 0 bridgehead atoms. The highest BCUT2D eigenvalue weighted by Gasteiger charge is 2.12. The van der Waals surface area contributed by atoms with Crippen LogP contribution in [0.15, 0.2) is 16.9 Å². The van der Waals surface area contributed by atoms with Gasteiger partial charge in [0.25, 0.3) is 0 Å². The molecule has 0 saturated heterocycles. The van der Waals surface area contributed by atoms with Gasteiger partial charge in [-0.05, 0) is 13.6 Å². The lowest BCUT2D eigenvalue weighted by molar-refractivity contribution is -0.137. The van der Waals surface area contributed by atoms with Crippen molar-refractivity contribution in [1.29, 1.82) is 0 Å². The summed E-state index contributed by atoms with van der Waals surface area (Å²) in [5, 5.41) is 0. The Morgan fingerprint density at radius 3 is 2.67 bits per heavy atom. The number of carbonyl (C=O) groups excluding carboxylic acids is 1. The molecular formula is C8H14N2O2. The van der Waals surface area contributed by atoms with E-state index >= 15 is 0 Å². The van der Waals surface area contributed by atoms with Crippen molar-refractivity contribution < 1.29 is 9.53 Å². The van der Waals surface area contributed by atoms with Crippen LogP contribution >= 0.6 is 0 Å². The zero-order valence-corrected chi connectivity index (χ0v) is 7.70. The van der Waals surface area contributed by atoms with Crippen LogP contribution in [-0.2, 0) is 9.53 Å². The van der Waals surface area contributed by atoms with Crippen LogP contribution in [0.4, 0.5) is 0 Å². The SMILES string of the molecule is C=N/C=C(/C(=O)OC)N(C)CC. The van der Waals surface area contributed by atoms with Gasteiger partial charge in [-0.25, -0.2) is 4.79 Å². The van der Waals surface area contributed by atoms with E-state index in [9.17, 15) is 4.79 Å². The highest BCUT2D eigenvalue weighted by Crippen LogP contribution is 2.02. The van der Waals surface area contributed by atoms with Gasteiger partial charge in [0.15, 0.2) is 0 Å². The van der Waals surface area contributed by atoms with E-state index in [1.807, 2.05) is 6.92 Å². The van der Waals surface area contributed by atoms with Crippen LogP contribution in [0.25, 0.3) is 0 Å². The zero-order chi connectivity index (χ0) is 9.56. The van der Waals surface area contributed by atoms with Crippen molar-refractivity contribution in [2.75, 3.05) is 20.7 Å². The van der Waals surface area contributed by atoms with E-state index in [4.69, 9.17) is 0 Å². The molecular weight excluding hydrogens is 156 g/mol. The van der Waals surface area contributed by atoms with Crippen molar-refractivity contribution in [3.05, 3.63) is 11.9 Å². The topological polar surface area (TPSA) is 41.9 Å². The van der Waals surface area contributed by atoms with E-state index < -0.39 is 5.97 Å². The lowest BCUT2D eigenvalue weighted by Crippen LogP contribution is -2.24. The largest absolute Gasteiger partial charge is 0.464 e. The fourth-order valence-electron chi connectivity index (χ4n) is 0.668. The first-order valence-electron chi connectivity index (χ1n) is 3.62. The summed E-state index contributed by atoms with van der Waals surface area (Å²) in [6.07, 6.45) is 1.38. The Morgan fingerprint density at radius 2 is 2.33 bits per heavy atom. The smallest absolute Gasteiger partial charge is 0.355 e. The van der Waals surface area contributed by atoms with Gasteiger partial charge in [-0.3, -0.25) is 4.99 Å². The van der Waals surface area contributed by atoms with Crippen molar-refractivity contribution in [3.8, 4) is 0 Å². The molecule has 0 aliphatic heterocycles. The first kappa shape index (κ1) is 10.7. The summed E-state index contributed by atoms with van der Waals surface area (Å²) < 4.78 is 4.55. The van der Waals surface area contributed by atoms with E-state index in [1.165, 1.54) is 13.3 Å². The van der Waals surface area contributed by atoms with Crippen LogP contribution in [0.2, 0.25) is 0 Å². The Labute approximate surface area is 72.5 Å². The number of ether oxygens (including phenoxy) is 1. The van der Waals surface area contributed by atoms with Gasteiger partial charge in [0.2, 0.25) is 0 Å². The molecule has 0 saturated carbocycles. The molecule has 68 valence electrons. The molecule has 12 heavy (non-hydrogen) atoms. The summed E-state index contributed by atoms with van der Waals surface area (Å²) in [6.45, 7) is 5.92. The van der Waals surface area contributed by atoms with E-state index in [0.29, 0.717) is 5.70 Å². The van der Waals surface area contributed by atoms with Crippen molar-refractivity contribution in [2.24, 2.45) is 4.99 Å². The monoisotopic (exact) mass is 170 g/mol. The molecule has 0 unspecified atom stereocenters. The zero-order valence-electron chi connectivity index (χ0n) is 7.70. The summed E-state index contributed by atoms with van der Waals surface area (Å²) >= 11 is 0. The summed E-state index contributed by atoms with van der Waals surface area (Å²) in [7, 11) is 3.12. The number of rotatable bonds is 4. The standard InChI is InChI=1S/C8H14N2O2/c1-5-10(3)7(6-9-2)8(11)12-4/h6H,2,5H2,1,3-4H3/b7-6-. The third kappa shape index (κ3) is 2.74. The molecule has 0 aliphatic rings. The van der Waals surface area contributed by atoms with E-state index in [0.717, 1.165) is 6.54 Å². The lowest BCUT2D eigenvalue weighted by atomic mass is 10.4. The Balaban J connectivity index is 4.54. The van der Waals surface area contributed by atoms with Gasteiger partial charge in [0.05, 0.1) is 13.3 Å². The number of hydrogen-bond acceptors (Lipinski definition) is 4. The van der Waals surface area contributed by atoms with Crippen LogP contribution in [0.1, 0.15) is 6.92 Å². The fraction of sp³-hybridized carbons (Fsp3) is 0.500. The van der Waals surface area contributed by atoms with Gasteiger partial charge in [0.1, 0.15) is 5.70 Å². The predicted molar refractivity (Wildman–Crippen MR) is 48.0 cm³/mol. The molecule has 0 aromatic rings. The molecule has 0 aromatic heterocycles. The van der Waals surface area contributed by atoms with Crippen molar-refractivity contribution in [2.45, 2.75) is 6.92 Å².